The highest BCUT2D eigenvalue weighted by Crippen LogP contribution is 2.45. The molecule has 2 aliphatic carbocycles. The first kappa shape index (κ1) is 34.1. The maximum absolute atomic E-state index is 13.8. The van der Waals surface area contributed by atoms with Crippen molar-refractivity contribution in [3.8, 4) is 5.75 Å². The van der Waals surface area contributed by atoms with Crippen molar-refractivity contribution in [3.05, 3.63) is 118 Å². The van der Waals surface area contributed by atoms with Gasteiger partial charge in [0.1, 0.15) is 30.1 Å². The number of nitrogens with one attached hydrogen (secondary N) is 2. The van der Waals surface area contributed by atoms with Crippen LogP contribution < -0.4 is 10.6 Å². The topological polar surface area (TPSA) is 164 Å². The second-order valence-corrected chi connectivity index (χ2v) is 12.6. The standard InChI is InChI=1S/C38H40N2O9/c1-23(42)33(36(45)39-17-18-41)40-35(44)28-19-31(34-32(20-28)48-38(49-34)21-26-11-2-3-12-27(26)22-38)47-37(46)29-15-6-4-9-24(29)13-8-14-25-10-5-7-16-30(25)43/h2-13,15-16,20,23,31-34,41-43H,14,17-19,21-22H2,1H3,(H,39,45)(H,40,44)/t23-,31+,32+,33+,34-/m0/s1. The van der Waals surface area contributed by atoms with Crippen LogP contribution in [0, 0.1) is 0 Å². The lowest BCUT2D eigenvalue weighted by atomic mass is 9.91. The fraction of sp³-hybridized carbons (Fsp3) is 0.342. The number of ether oxygens (including phenoxy) is 3. The first-order valence-electron chi connectivity index (χ1n) is 16.4. The fourth-order valence-electron chi connectivity index (χ4n) is 6.62. The minimum atomic E-state index is -1.29. The molecule has 0 unspecified atom stereocenters. The zero-order valence-corrected chi connectivity index (χ0v) is 27.1. The molecule has 5 atom stereocenters. The van der Waals surface area contributed by atoms with Gasteiger partial charge in [-0.2, -0.15) is 0 Å². The number of hydrogen-bond donors (Lipinski definition) is 5. The van der Waals surface area contributed by atoms with Crippen LogP contribution >= 0.6 is 0 Å². The molecule has 5 N–H and O–H groups in total. The maximum atomic E-state index is 13.8. The van der Waals surface area contributed by atoms with Gasteiger partial charge < -0.3 is 40.2 Å². The van der Waals surface area contributed by atoms with Gasteiger partial charge in [0.2, 0.25) is 11.8 Å². The molecule has 1 fully saturated rings. The molecule has 2 amide bonds. The van der Waals surface area contributed by atoms with Gasteiger partial charge in [0, 0.05) is 31.4 Å². The smallest absolute Gasteiger partial charge is 0.339 e. The molecule has 0 radical (unpaired) electrons. The Kier molecular flexibility index (Phi) is 10.3. The summed E-state index contributed by atoms with van der Waals surface area (Å²) in [5, 5.41) is 34.6. The minimum absolute atomic E-state index is 0.0266. The van der Waals surface area contributed by atoms with Crippen LogP contribution in [0.3, 0.4) is 0 Å². The van der Waals surface area contributed by atoms with E-state index >= 15 is 0 Å². The summed E-state index contributed by atoms with van der Waals surface area (Å²) >= 11 is 0. The first-order valence-corrected chi connectivity index (χ1v) is 16.4. The average molecular weight is 669 g/mol. The zero-order chi connectivity index (χ0) is 34.5. The first-order chi connectivity index (χ1) is 23.7. The molecule has 3 aromatic carbocycles. The number of esters is 1. The van der Waals surface area contributed by atoms with Crippen molar-refractivity contribution in [3.63, 3.8) is 0 Å². The average Bonchev–Trinajstić information content (AvgIpc) is 3.64. The number of phenolic OH excluding ortho intramolecular Hbond substituents is 1. The third-order valence-electron chi connectivity index (χ3n) is 9.04. The SMILES string of the molecule is C[C@H](O)[C@@H](NC(=O)C1=C[C@H]2OC3(Cc4ccccc4C3)O[C@H]2[C@H](OC(=O)c2ccccc2C=CCc2ccccc2O)C1)C(=O)NCCO. The Bertz CT molecular complexity index is 1740. The number of fused-ring (bicyclic) bond motifs is 2. The molecule has 0 saturated carbocycles. The summed E-state index contributed by atoms with van der Waals surface area (Å²) in [4.78, 5) is 40.1. The second kappa shape index (κ2) is 14.8. The monoisotopic (exact) mass is 668 g/mol. The van der Waals surface area contributed by atoms with Crippen LogP contribution in [-0.4, -0.2) is 82.5 Å². The number of phenols is 1. The molecular formula is C38H40N2O9. The van der Waals surface area contributed by atoms with Crippen molar-refractivity contribution in [2.45, 2.75) is 68.9 Å². The third kappa shape index (κ3) is 7.60. The minimum Gasteiger partial charge on any atom is -0.508 e. The highest BCUT2D eigenvalue weighted by Gasteiger charge is 2.55. The van der Waals surface area contributed by atoms with Crippen LogP contribution in [0.25, 0.3) is 6.08 Å². The highest BCUT2D eigenvalue weighted by atomic mass is 16.8. The maximum Gasteiger partial charge on any atom is 0.339 e. The lowest BCUT2D eigenvalue weighted by Crippen LogP contribution is -2.54. The number of allylic oxidation sites excluding steroid dienone is 1. The van der Waals surface area contributed by atoms with E-state index in [4.69, 9.17) is 19.3 Å². The molecule has 11 heteroatoms. The van der Waals surface area contributed by atoms with Gasteiger partial charge in [-0.1, -0.05) is 72.8 Å². The number of aliphatic hydroxyl groups is 2. The molecule has 1 spiro atoms. The molecule has 1 heterocycles. The van der Waals surface area contributed by atoms with Crippen molar-refractivity contribution in [1.29, 1.82) is 0 Å². The summed E-state index contributed by atoms with van der Waals surface area (Å²) in [5.74, 6) is -2.70. The molecular weight excluding hydrogens is 628 g/mol. The Morgan fingerprint density at radius 3 is 2.41 bits per heavy atom. The Labute approximate surface area is 284 Å². The summed E-state index contributed by atoms with van der Waals surface area (Å²) in [7, 11) is 0. The number of amides is 2. The number of benzene rings is 3. The fourth-order valence-corrected chi connectivity index (χ4v) is 6.62. The van der Waals surface area contributed by atoms with E-state index in [-0.39, 0.29) is 30.9 Å². The van der Waals surface area contributed by atoms with Crippen molar-refractivity contribution in [1.82, 2.24) is 10.6 Å². The molecule has 49 heavy (non-hydrogen) atoms. The van der Waals surface area contributed by atoms with Gasteiger partial charge in [0.25, 0.3) is 0 Å². The van der Waals surface area contributed by atoms with Gasteiger partial charge in [0.05, 0.1) is 18.3 Å². The molecule has 3 aromatic rings. The number of aliphatic hydroxyl groups excluding tert-OH is 2. The number of hydrogen-bond acceptors (Lipinski definition) is 9. The van der Waals surface area contributed by atoms with Crippen LogP contribution in [0.15, 0.2) is 90.5 Å². The summed E-state index contributed by atoms with van der Waals surface area (Å²) in [6, 6.07) is 20.7. The van der Waals surface area contributed by atoms with Crippen LogP contribution in [0.1, 0.15) is 46.0 Å². The Balaban J connectivity index is 1.24. The predicted octanol–water partition coefficient (Wildman–Crippen LogP) is 2.76. The van der Waals surface area contributed by atoms with Crippen molar-refractivity contribution in [2.75, 3.05) is 13.2 Å². The summed E-state index contributed by atoms with van der Waals surface area (Å²) in [6.45, 7) is 1.04. The second-order valence-electron chi connectivity index (χ2n) is 12.6. The normalized spacial score (nSPS) is 21.8. The lowest BCUT2D eigenvalue weighted by molar-refractivity contribution is -0.172. The zero-order valence-electron chi connectivity index (χ0n) is 27.1. The van der Waals surface area contributed by atoms with Crippen LogP contribution in [0.5, 0.6) is 5.75 Å². The van der Waals surface area contributed by atoms with Gasteiger partial charge >= 0.3 is 5.97 Å². The van der Waals surface area contributed by atoms with E-state index in [2.05, 4.69) is 10.6 Å². The third-order valence-corrected chi connectivity index (χ3v) is 9.04. The van der Waals surface area contributed by atoms with Gasteiger partial charge in [-0.25, -0.2) is 4.79 Å². The van der Waals surface area contributed by atoms with E-state index in [0.29, 0.717) is 30.4 Å². The van der Waals surface area contributed by atoms with Crippen LogP contribution in [-0.2, 0) is 43.1 Å². The molecule has 11 nitrogen and oxygen atoms in total. The van der Waals surface area contributed by atoms with Crippen LogP contribution in [0.2, 0.25) is 0 Å². The Morgan fingerprint density at radius 1 is 1.00 bits per heavy atom. The van der Waals surface area contributed by atoms with Gasteiger partial charge in [-0.15, -0.1) is 0 Å². The number of aromatic hydroxyl groups is 1. The number of carbonyl (C=O) groups is 3. The van der Waals surface area contributed by atoms with E-state index in [9.17, 15) is 24.6 Å². The summed E-state index contributed by atoms with van der Waals surface area (Å²) in [5.41, 5.74) is 4.07. The van der Waals surface area contributed by atoms with Crippen molar-refractivity contribution in [2.24, 2.45) is 0 Å². The van der Waals surface area contributed by atoms with Crippen LogP contribution in [0.4, 0.5) is 0 Å². The largest absolute Gasteiger partial charge is 0.508 e. The van der Waals surface area contributed by atoms with Crippen molar-refractivity contribution < 1.29 is 43.9 Å². The van der Waals surface area contributed by atoms with E-state index in [0.717, 1.165) is 16.7 Å². The van der Waals surface area contributed by atoms with E-state index < -0.39 is 54.0 Å². The predicted molar refractivity (Wildman–Crippen MR) is 179 cm³/mol. The number of carbonyl (C=O) groups excluding carboxylic acids is 3. The molecule has 1 saturated heterocycles. The van der Waals surface area contributed by atoms with E-state index in [1.165, 1.54) is 6.92 Å². The summed E-state index contributed by atoms with van der Waals surface area (Å²) < 4.78 is 19.2. The number of para-hydroxylation sites is 1. The quantitative estimate of drug-likeness (QED) is 0.193. The van der Waals surface area contributed by atoms with Gasteiger partial charge in [-0.05, 0) is 53.8 Å². The van der Waals surface area contributed by atoms with Gasteiger partial charge in [0.15, 0.2) is 5.79 Å². The molecule has 0 bridgehead atoms. The molecule has 1 aliphatic heterocycles. The molecule has 3 aliphatic rings. The highest BCUT2D eigenvalue weighted by molar-refractivity contribution is 5.98. The van der Waals surface area contributed by atoms with Crippen molar-refractivity contribution >= 4 is 23.9 Å². The lowest BCUT2D eigenvalue weighted by Gasteiger charge is -2.31. The van der Waals surface area contributed by atoms with Gasteiger partial charge in [-0.3, -0.25) is 9.59 Å². The Hall–Kier alpha value is -4.81. The molecule has 256 valence electrons. The van der Waals surface area contributed by atoms with E-state index in [1.54, 1.807) is 42.5 Å². The van der Waals surface area contributed by atoms with E-state index in [1.807, 2.05) is 48.5 Å². The number of rotatable bonds is 11. The summed E-state index contributed by atoms with van der Waals surface area (Å²) in [6.07, 6.45) is 3.11. The Morgan fingerprint density at radius 2 is 1.69 bits per heavy atom. The molecule has 0 aromatic heterocycles. The molecule has 6 rings (SSSR count).